The Balaban J connectivity index is 1.60. The van der Waals surface area contributed by atoms with Gasteiger partial charge in [0, 0.05) is 55.9 Å². The maximum atomic E-state index is 13.2. The van der Waals surface area contributed by atoms with E-state index in [1.54, 1.807) is 0 Å². The summed E-state index contributed by atoms with van der Waals surface area (Å²) in [6.45, 7) is 3.92. The van der Waals surface area contributed by atoms with Crippen LogP contribution in [0.3, 0.4) is 0 Å². The maximum Gasteiger partial charge on any atom is 0.254 e. The Morgan fingerprint density at radius 1 is 1.17 bits per heavy atom. The summed E-state index contributed by atoms with van der Waals surface area (Å²) in [7, 11) is 2.16. The van der Waals surface area contributed by atoms with E-state index in [0.29, 0.717) is 12.8 Å². The molecule has 1 aromatic carbocycles. The first-order valence-electron chi connectivity index (χ1n) is 8.84. The summed E-state index contributed by atoms with van der Waals surface area (Å²) < 4.78 is 5.53. The maximum absolute atomic E-state index is 13.2. The van der Waals surface area contributed by atoms with Gasteiger partial charge >= 0.3 is 0 Å². The lowest BCUT2D eigenvalue weighted by Gasteiger charge is -2.51. The molecule has 0 atom stereocenters. The zero-order valence-electron chi connectivity index (χ0n) is 14.2. The molecular formula is C19H24N2O3. The Labute approximate surface area is 142 Å². The molecule has 1 amide bonds. The zero-order valence-corrected chi connectivity index (χ0v) is 14.2. The highest BCUT2D eigenvalue weighted by atomic mass is 16.5. The fourth-order valence-electron chi connectivity index (χ4n) is 4.39. The summed E-state index contributed by atoms with van der Waals surface area (Å²) in [5, 5.41) is 0. The summed E-state index contributed by atoms with van der Waals surface area (Å²) in [6.07, 6.45) is 3.17. The molecule has 1 aliphatic carbocycles. The van der Waals surface area contributed by atoms with Gasteiger partial charge in [-0.15, -0.1) is 0 Å². The third kappa shape index (κ3) is 2.47. The molecular weight excluding hydrogens is 304 g/mol. The monoisotopic (exact) mass is 328 g/mol. The van der Waals surface area contributed by atoms with Crippen molar-refractivity contribution in [2.75, 3.05) is 39.9 Å². The van der Waals surface area contributed by atoms with Crippen LogP contribution in [-0.4, -0.2) is 66.9 Å². The van der Waals surface area contributed by atoms with Crippen molar-refractivity contribution in [3.63, 3.8) is 0 Å². The number of fused-ring (bicyclic) bond motifs is 1. The minimum Gasteiger partial charge on any atom is -0.381 e. The first kappa shape index (κ1) is 15.8. The molecule has 1 spiro atoms. The standard InChI is InChI=1S/C19H24N2O3/c1-20-9-10-21(13-19(20)7-11-24-12-8-19)18(23)16-4-2-3-15-14(16)5-6-17(15)22/h2-4H,5-13H2,1H3. The second-order valence-corrected chi connectivity index (χ2v) is 7.24. The van der Waals surface area contributed by atoms with Crippen molar-refractivity contribution < 1.29 is 14.3 Å². The second kappa shape index (κ2) is 5.97. The van der Waals surface area contributed by atoms with Gasteiger partial charge in [-0.25, -0.2) is 0 Å². The summed E-state index contributed by atoms with van der Waals surface area (Å²) in [5.74, 6) is 0.249. The molecule has 3 aliphatic rings. The largest absolute Gasteiger partial charge is 0.381 e. The highest BCUT2D eigenvalue weighted by Crippen LogP contribution is 2.32. The number of nitrogens with zero attached hydrogens (tertiary/aromatic N) is 2. The van der Waals surface area contributed by atoms with Gasteiger partial charge in [-0.05, 0) is 37.9 Å². The molecule has 2 aliphatic heterocycles. The molecule has 5 heteroatoms. The Kier molecular flexibility index (Phi) is 3.93. The van der Waals surface area contributed by atoms with E-state index in [1.807, 2.05) is 23.1 Å². The highest BCUT2D eigenvalue weighted by Gasteiger charge is 2.42. The quantitative estimate of drug-likeness (QED) is 0.788. The van der Waals surface area contributed by atoms with Gasteiger partial charge < -0.3 is 9.64 Å². The van der Waals surface area contributed by atoms with Crippen molar-refractivity contribution in [3.05, 3.63) is 34.9 Å². The Morgan fingerprint density at radius 2 is 1.96 bits per heavy atom. The average molecular weight is 328 g/mol. The number of Topliss-reactive ketones (excluding diaryl/α,β-unsaturated/α-hetero) is 1. The lowest BCUT2D eigenvalue weighted by Crippen LogP contribution is -2.63. The number of benzene rings is 1. The molecule has 0 unspecified atom stereocenters. The Hall–Kier alpha value is -1.72. The number of hydrogen-bond acceptors (Lipinski definition) is 4. The molecule has 2 fully saturated rings. The van der Waals surface area contributed by atoms with Gasteiger partial charge in [0.15, 0.2) is 5.78 Å². The van der Waals surface area contributed by atoms with Gasteiger partial charge in [-0.2, -0.15) is 0 Å². The third-order valence-electron chi connectivity index (χ3n) is 6.02. The predicted molar refractivity (Wildman–Crippen MR) is 90.4 cm³/mol. The fraction of sp³-hybridized carbons (Fsp3) is 0.579. The van der Waals surface area contributed by atoms with E-state index in [1.165, 1.54) is 0 Å². The van der Waals surface area contributed by atoms with Crippen molar-refractivity contribution in [3.8, 4) is 0 Å². The summed E-state index contributed by atoms with van der Waals surface area (Å²) in [6, 6.07) is 5.58. The lowest BCUT2D eigenvalue weighted by atomic mass is 9.85. The number of ether oxygens (including phenoxy) is 1. The summed E-state index contributed by atoms with van der Waals surface area (Å²) >= 11 is 0. The minimum absolute atomic E-state index is 0.0416. The number of ketones is 1. The molecule has 2 heterocycles. The van der Waals surface area contributed by atoms with Crippen molar-refractivity contribution >= 4 is 11.7 Å². The SMILES string of the molecule is CN1CCN(C(=O)c2cccc3c2CCC3=O)CC12CCOCC2. The zero-order chi connectivity index (χ0) is 16.7. The van der Waals surface area contributed by atoms with Crippen LogP contribution in [0, 0.1) is 0 Å². The van der Waals surface area contributed by atoms with Crippen molar-refractivity contribution in [1.29, 1.82) is 0 Å². The molecule has 5 nitrogen and oxygen atoms in total. The van der Waals surface area contributed by atoms with E-state index in [0.717, 1.165) is 62.4 Å². The van der Waals surface area contributed by atoms with Crippen LogP contribution in [0.4, 0.5) is 0 Å². The molecule has 0 radical (unpaired) electrons. The molecule has 2 saturated heterocycles. The molecule has 0 N–H and O–H groups in total. The molecule has 1 aromatic rings. The van der Waals surface area contributed by atoms with Gasteiger partial charge in [0.05, 0.1) is 0 Å². The fourth-order valence-corrected chi connectivity index (χ4v) is 4.39. The van der Waals surface area contributed by atoms with Crippen LogP contribution in [0.25, 0.3) is 0 Å². The van der Waals surface area contributed by atoms with E-state index in [-0.39, 0.29) is 17.2 Å². The number of carbonyl (C=O) groups excluding carboxylic acids is 2. The van der Waals surface area contributed by atoms with Crippen molar-refractivity contribution in [1.82, 2.24) is 9.80 Å². The van der Waals surface area contributed by atoms with Crippen molar-refractivity contribution in [2.45, 2.75) is 31.2 Å². The number of amides is 1. The van der Waals surface area contributed by atoms with Crippen molar-refractivity contribution in [2.24, 2.45) is 0 Å². The highest BCUT2D eigenvalue weighted by molar-refractivity contribution is 6.05. The lowest BCUT2D eigenvalue weighted by molar-refractivity contribution is -0.0543. The van der Waals surface area contributed by atoms with E-state index in [9.17, 15) is 9.59 Å². The van der Waals surface area contributed by atoms with Gasteiger partial charge in [0.1, 0.15) is 0 Å². The number of rotatable bonds is 1. The molecule has 0 aromatic heterocycles. The normalized spacial score (nSPS) is 23.5. The van der Waals surface area contributed by atoms with E-state index >= 15 is 0 Å². The number of likely N-dealkylation sites (N-methyl/N-ethyl adjacent to an activating group) is 1. The number of carbonyl (C=O) groups is 2. The topological polar surface area (TPSA) is 49.9 Å². The van der Waals surface area contributed by atoms with E-state index in [2.05, 4.69) is 11.9 Å². The van der Waals surface area contributed by atoms with Crippen LogP contribution >= 0.6 is 0 Å². The van der Waals surface area contributed by atoms with E-state index < -0.39 is 0 Å². The second-order valence-electron chi connectivity index (χ2n) is 7.24. The van der Waals surface area contributed by atoms with E-state index in [4.69, 9.17) is 4.74 Å². The molecule has 0 bridgehead atoms. The Morgan fingerprint density at radius 3 is 2.75 bits per heavy atom. The molecule has 0 saturated carbocycles. The first-order chi connectivity index (χ1) is 11.6. The number of piperazine rings is 1. The van der Waals surface area contributed by atoms with Crippen LogP contribution in [0.1, 0.15) is 45.5 Å². The van der Waals surface area contributed by atoms with Gasteiger partial charge in [0.2, 0.25) is 0 Å². The minimum atomic E-state index is 0.0416. The van der Waals surface area contributed by atoms with Crippen LogP contribution < -0.4 is 0 Å². The van der Waals surface area contributed by atoms with Gasteiger partial charge in [0.25, 0.3) is 5.91 Å². The summed E-state index contributed by atoms with van der Waals surface area (Å²) in [5.41, 5.74) is 2.47. The predicted octanol–water partition coefficient (Wildman–Crippen LogP) is 1.75. The molecule has 128 valence electrons. The van der Waals surface area contributed by atoms with Crippen LogP contribution in [-0.2, 0) is 11.2 Å². The average Bonchev–Trinajstić information content (AvgIpc) is 2.99. The van der Waals surface area contributed by atoms with Crippen LogP contribution in [0.2, 0.25) is 0 Å². The smallest absolute Gasteiger partial charge is 0.254 e. The third-order valence-corrected chi connectivity index (χ3v) is 6.02. The van der Waals surface area contributed by atoms with Crippen LogP contribution in [0.15, 0.2) is 18.2 Å². The van der Waals surface area contributed by atoms with Gasteiger partial charge in [-0.3, -0.25) is 14.5 Å². The summed E-state index contributed by atoms with van der Waals surface area (Å²) in [4.78, 5) is 29.5. The number of hydrogen-bond donors (Lipinski definition) is 0. The Bertz CT molecular complexity index is 679. The van der Waals surface area contributed by atoms with Gasteiger partial charge in [-0.1, -0.05) is 12.1 Å². The molecule has 24 heavy (non-hydrogen) atoms. The first-order valence-corrected chi connectivity index (χ1v) is 8.84. The van der Waals surface area contributed by atoms with Crippen LogP contribution in [0.5, 0.6) is 0 Å². The molecule has 4 rings (SSSR count).